The summed E-state index contributed by atoms with van der Waals surface area (Å²) >= 11 is 12.2. The van der Waals surface area contributed by atoms with Crippen molar-refractivity contribution in [2.24, 2.45) is 0 Å². The topological polar surface area (TPSA) is 32.8 Å². The van der Waals surface area contributed by atoms with Gasteiger partial charge in [0.05, 0.1) is 21.4 Å². The molecule has 1 atom stereocenters. The van der Waals surface area contributed by atoms with E-state index in [2.05, 4.69) is 0 Å². The van der Waals surface area contributed by atoms with Gasteiger partial charge >= 0.3 is 6.09 Å². The third-order valence-electron chi connectivity index (χ3n) is 4.13. The smallest absolute Gasteiger partial charge is 0.319 e. The molecule has 0 spiro atoms. The molecule has 6 heteroatoms. The van der Waals surface area contributed by atoms with Crippen LogP contribution in [-0.4, -0.2) is 6.09 Å². The summed E-state index contributed by atoms with van der Waals surface area (Å²) in [7, 11) is 0. The van der Waals surface area contributed by atoms with Gasteiger partial charge in [-0.1, -0.05) is 71.7 Å². The summed E-state index contributed by atoms with van der Waals surface area (Å²) < 4.78 is 0. The van der Waals surface area contributed by atoms with Gasteiger partial charge in [-0.15, -0.1) is 0 Å². The number of rotatable bonds is 3. The molecule has 4 nitrogen and oxygen atoms in total. The van der Waals surface area contributed by atoms with Crippen LogP contribution in [0.4, 0.5) is 16.2 Å². The minimum atomic E-state index is -0.485. The Bertz CT molecular complexity index is 935. The van der Waals surface area contributed by atoms with Crippen molar-refractivity contribution in [2.45, 2.75) is 6.17 Å². The third-order valence-corrected chi connectivity index (χ3v) is 4.87. The van der Waals surface area contributed by atoms with Gasteiger partial charge in [0.2, 0.25) is 0 Å². The van der Waals surface area contributed by atoms with Crippen molar-refractivity contribution in [3.8, 4) is 0 Å². The zero-order valence-electron chi connectivity index (χ0n) is 13.5. The molecule has 1 saturated heterocycles. The van der Waals surface area contributed by atoms with E-state index in [1.165, 1.54) is 0 Å². The standard InChI is InChI=1S/C20H14Cl2N2O2/c21-17-12-11-16(13-18(17)22)23-19(14-7-3-1-4-8-14)24(26-20(23)25)15-9-5-2-6-10-15/h1-13,19H. The molecule has 0 saturated carbocycles. The van der Waals surface area contributed by atoms with Gasteiger partial charge < -0.3 is 4.84 Å². The van der Waals surface area contributed by atoms with Crippen LogP contribution in [0.5, 0.6) is 0 Å². The fraction of sp³-hybridized carbons (Fsp3) is 0.0500. The molecule has 1 aliphatic heterocycles. The molecular weight excluding hydrogens is 371 g/mol. The average Bonchev–Trinajstić information content (AvgIpc) is 3.03. The molecular formula is C20H14Cl2N2O2. The van der Waals surface area contributed by atoms with E-state index in [0.717, 1.165) is 11.3 Å². The summed E-state index contributed by atoms with van der Waals surface area (Å²) in [6.07, 6.45) is -0.954. The van der Waals surface area contributed by atoms with Gasteiger partial charge in [-0.2, -0.15) is 5.06 Å². The molecule has 0 aromatic heterocycles. The summed E-state index contributed by atoms with van der Waals surface area (Å²) in [6.45, 7) is 0. The van der Waals surface area contributed by atoms with E-state index in [9.17, 15) is 4.79 Å². The number of anilines is 2. The number of carbonyl (C=O) groups excluding carboxylic acids is 1. The van der Waals surface area contributed by atoms with E-state index in [0.29, 0.717) is 15.7 Å². The molecule has 1 aliphatic rings. The van der Waals surface area contributed by atoms with Crippen LogP contribution in [0, 0.1) is 0 Å². The number of nitrogens with zero attached hydrogens (tertiary/aromatic N) is 2. The van der Waals surface area contributed by atoms with E-state index >= 15 is 0 Å². The van der Waals surface area contributed by atoms with Crippen molar-refractivity contribution >= 4 is 40.7 Å². The molecule has 3 aromatic carbocycles. The minimum Gasteiger partial charge on any atom is -0.319 e. The highest BCUT2D eigenvalue weighted by Gasteiger charge is 2.42. The molecule has 1 heterocycles. The lowest BCUT2D eigenvalue weighted by Crippen LogP contribution is -2.31. The molecule has 1 amide bonds. The number of benzene rings is 3. The highest BCUT2D eigenvalue weighted by atomic mass is 35.5. The first-order valence-electron chi connectivity index (χ1n) is 8.00. The second-order valence-corrected chi connectivity index (χ2v) is 6.59. The quantitative estimate of drug-likeness (QED) is 0.549. The van der Waals surface area contributed by atoms with Crippen LogP contribution in [0.2, 0.25) is 10.0 Å². The molecule has 0 bridgehead atoms. The molecule has 0 radical (unpaired) electrons. The van der Waals surface area contributed by atoms with E-state index in [1.807, 2.05) is 60.7 Å². The monoisotopic (exact) mass is 384 g/mol. The fourth-order valence-corrected chi connectivity index (χ4v) is 3.24. The van der Waals surface area contributed by atoms with Crippen molar-refractivity contribution in [1.82, 2.24) is 0 Å². The molecule has 0 N–H and O–H groups in total. The third kappa shape index (κ3) is 2.98. The maximum Gasteiger partial charge on any atom is 0.440 e. The lowest BCUT2D eigenvalue weighted by Gasteiger charge is -2.27. The van der Waals surface area contributed by atoms with Gasteiger partial charge in [-0.3, -0.25) is 0 Å². The minimum absolute atomic E-state index is 0.377. The Morgan fingerprint density at radius 3 is 2.08 bits per heavy atom. The largest absolute Gasteiger partial charge is 0.440 e. The molecule has 26 heavy (non-hydrogen) atoms. The van der Waals surface area contributed by atoms with Crippen molar-refractivity contribution in [3.63, 3.8) is 0 Å². The Balaban J connectivity index is 1.83. The molecule has 1 unspecified atom stereocenters. The van der Waals surface area contributed by atoms with Crippen LogP contribution in [0.1, 0.15) is 11.7 Å². The van der Waals surface area contributed by atoms with Crippen LogP contribution in [-0.2, 0) is 4.84 Å². The predicted octanol–water partition coefficient (Wildman–Crippen LogP) is 6.07. The van der Waals surface area contributed by atoms with Crippen LogP contribution in [0.15, 0.2) is 78.9 Å². The number of hydrogen-bond acceptors (Lipinski definition) is 3. The number of halogens is 2. The maximum absolute atomic E-state index is 12.7. The van der Waals surface area contributed by atoms with Gasteiger partial charge in [0.25, 0.3) is 0 Å². The zero-order valence-corrected chi connectivity index (χ0v) is 15.1. The number of carbonyl (C=O) groups is 1. The fourth-order valence-electron chi connectivity index (χ4n) is 2.94. The van der Waals surface area contributed by atoms with Gasteiger partial charge in [-0.25, -0.2) is 9.69 Å². The predicted molar refractivity (Wildman–Crippen MR) is 104 cm³/mol. The molecule has 3 aromatic rings. The summed E-state index contributed by atoms with van der Waals surface area (Å²) in [5, 5.41) is 2.40. The van der Waals surface area contributed by atoms with Gasteiger partial charge in [-0.05, 0) is 35.9 Å². The van der Waals surface area contributed by atoms with E-state index < -0.39 is 12.3 Å². The van der Waals surface area contributed by atoms with Crippen molar-refractivity contribution in [1.29, 1.82) is 0 Å². The van der Waals surface area contributed by atoms with Gasteiger partial charge in [0, 0.05) is 0 Å². The van der Waals surface area contributed by atoms with Crippen LogP contribution < -0.4 is 9.96 Å². The molecule has 1 fully saturated rings. The Kier molecular flexibility index (Phi) is 4.45. The first kappa shape index (κ1) is 16.8. The first-order valence-corrected chi connectivity index (χ1v) is 8.76. The number of hydrogen-bond donors (Lipinski definition) is 0. The Morgan fingerprint density at radius 1 is 0.769 bits per heavy atom. The summed E-state index contributed by atoms with van der Waals surface area (Å²) in [5.74, 6) is 0. The SMILES string of the molecule is O=C1ON(c2ccccc2)C(c2ccccc2)N1c1ccc(Cl)c(Cl)c1. The number of amides is 1. The molecule has 0 aliphatic carbocycles. The van der Waals surface area contributed by atoms with Crippen LogP contribution in [0.25, 0.3) is 0 Å². The van der Waals surface area contributed by atoms with Gasteiger partial charge in [0.15, 0.2) is 6.17 Å². The Hall–Kier alpha value is -2.69. The van der Waals surface area contributed by atoms with Crippen molar-refractivity contribution in [2.75, 3.05) is 9.96 Å². The Labute approximate surface area is 161 Å². The number of hydroxylamine groups is 1. The summed E-state index contributed by atoms with van der Waals surface area (Å²) in [5.41, 5.74) is 2.29. The first-order chi connectivity index (χ1) is 12.6. The Morgan fingerprint density at radius 2 is 1.42 bits per heavy atom. The lowest BCUT2D eigenvalue weighted by atomic mass is 10.1. The zero-order chi connectivity index (χ0) is 18.1. The lowest BCUT2D eigenvalue weighted by molar-refractivity contribution is 0.164. The second-order valence-electron chi connectivity index (χ2n) is 5.77. The van der Waals surface area contributed by atoms with Gasteiger partial charge in [0.1, 0.15) is 0 Å². The summed E-state index contributed by atoms with van der Waals surface area (Å²) in [4.78, 5) is 19.9. The highest BCUT2D eigenvalue weighted by Crippen LogP contribution is 2.40. The van der Waals surface area contributed by atoms with E-state index in [4.69, 9.17) is 28.0 Å². The number of para-hydroxylation sites is 1. The van der Waals surface area contributed by atoms with E-state index in [1.54, 1.807) is 28.2 Å². The summed E-state index contributed by atoms with van der Waals surface area (Å²) in [6, 6.07) is 24.2. The van der Waals surface area contributed by atoms with Crippen LogP contribution in [0.3, 0.4) is 0 Å². The van der Waals surface area contributed by atoms with Crippen molar-refractivity contribution in [3.05, 3.63) is 94.5 Å². The second kappa shape index (κ2) is 6.90. The highest BCUT2D eigenvalue weighted by molar-refractivity contribution is 6.42. The van der Waals surface area contributed by atoms with Crippen molar-refractivity contribution < 1.29 is 9.63 Å². The molecule has 4 rings (SSSR count). The molecule has 130 valence electrons. The van der Waals surface area contributed by atoms with Crippen LogP contribution >= 0.6 is 23.2 Å². The normalized spacial score (nSPS) is 16.7. The average molecular weight is 385 g/mol. The van der Waals surface area contributed by atoms with E-state index in [-0.39, 0.29) is 0 Å². The maximum atomic E-state index is 12.7.